The lowest BCUT2D eigenvalue weighted by atomic mass is 9.99. The molecule has 0 amide bonds. The minimum atomic E-state index is -4.95. The van der Waals surface area contributed by atoms with E-state index in [1.807, 2.05) is 0 Å². The molecule has 0 heterocycles. The van der Waals surface area contributed by atoms with E-state index in [4.69, 9.17) is 37.0 Å². The van der Waals surface area contributed by atoms with Gasteiger partial charge in [-0.1, -0.05) is 311 Å². The van der Waals surface area contributed by atoms with Gasteiger partial charge < -0.3 is 33.8 Å². The van der Waals surface area contributed by atoms with E-state index < -0.39 is 97.5 Å². The van der Waals surface area contributed by atoms with Crippen molar-refractivity contribution in [3.8, 4) is 0 Å². The average Bonchev–Trinajstić information content (AvgIpc) is 3.71. The van der Waals surface area contributed by atoms with E-state index in [2.05, 4.69) is 34.6 Å². The smallest absolute Gasteiger partial charge is 0.462 e. The molecule has 0 bridgehead atoms. The van der Waals surface area contributed by atoms with Gasteiger partial charge in [-0.05, 0) is 31.6 Å². The molecule has 19 heteroatoms. The van der Waals surface area contributed by atoms with E-state index in [1.54, 1.807) is 0 Å². The second kappa shape index (κ2) is 63.5. The van der Waals surface area contributed by atoms with Gasteiger partial charge in [0.15, 0.2) is 12.2 Å². The van der Waals surface area contributed by atoms with Gasteiger partial charge in [0, 0.05) is 25.7 Å². The molecule has 528 valence electrons. The standard InChI is InChI=1S/C70H136O17P2/c1-6-10-13-16-18-20-22-23-24-25-26-27-28-29-30-31-32-33-35-41-46-51-56-70(75)87-66(60-81-68(73)54-49-44-39-37-36-38-43-47-52-63(5)9-4)62-85-89(78,79)83-58-64(71)57-82-88(76,77)84-61-65(59-80-67(72)53-48-42-15-12-8-3)86-69(74)55-50-45-40-34-21-19-17-14-11-7-2/h63-66,71H,6-62H2,1-5H3,(H,76,77)(H,78,79)/t63?,64-,65+,66+/m0/s1. The third-order valence-electron chi connectivity index (χ3n) is 16.6. The van der Waals surface area contributed by atoms with Crippen molar-refractivity contribution in [3.63, 3.8) is 0 Å². The van der Waals surface area contributed by atoms with Crippen LogP contribution in [0.4, 0.5) is 0 Å². The van der Waals surface area contributed by atoms with Crippen LogP contribution >= 0.6 is 15.6 Å². The third-order valence-corrected chi connectivity index (χ3v) is 18.5. The molecule has 3 N–H and O–H groups in total. The van der Waals surface area contributed by atoms with Gasteiger partial charge >= 0.3 is 39.5 Å². The zero-order valence-electron chi connectivity index (χ0n) is 57.6. The predicted octanol–water partition coefficient (Wildman–Crippen LogP) is 20.1. The predicted molar refractivity (Wildman–Crippen MR) is 358 cm³/mol. The van der Waals surface area contributed by atoms with E-state index in [9.17, 15) is 43.2 Å². The van der Waals surface area contributed by atoms with Crippen LogP contribution in [0.15, 0.2) is 0 Å². The molecular weight excluding hydrogens is 1170 g/mol. The van der Waals surface area contributed by atoms with Crippen LogP contribution in [0.25, 0.3) is 0 Å². The Kier molecular flexibility index (Phi) is 62.1. The van der Waals surface area contributed by atoms with Gasteiger partial charge in [0.05, 0.1) is 26.4 Å². The van der Waals surface area contributed by atoms with Gasteiger partial charge in [-0.25, -0.2) is 9.13 Å². The molecule has 3 unspecified atom stereocenters. The number of hydrogen-bond donors (Lipinski definition) is 3. The highest BCUT2D eigenvalue weighted by atomic mass is 31.2. The first kappa shape index (κ1) is 87.1. The molecule has 0 fully saturated rings. The summed E-state index contributed by atoms with van der Waals surface area (Å²) in [5.74, 6) is -1.36. The Morgan fingerprint density at radius 3 is 0.798 bits per heavy atom. The molecule has 6 atom stereocenters. The first-order chi connectivity index (χ1) is 43.1. The Bertz CT molecular complexity index is 1720. The second-order valence-corrected chi connectivity index (χ2v) is 28.4. The summed E-state index contributed by atoms with van der Waals surface area (Å²) in [5, 5.41) is 10.5. The normalized spacial score (nSPS) is 14.4. The Balaban J connectivity index is 5.08. The summed E-state index contributed by atoms with van der Waals surface area (Å²) in [4.78, 5) is 72.2. The van der Waals surface area contributed by atoms with Crippen molar-refractivity contribution in [1.29, 1.82) is 0 Å². The molecule has 0 aromatic heterocycles. The topological polar surface area (TPSA) is 237 Å². The highest BCUT2D eigenvalue weighted by molar-refractivity contribution is 7.47. The van der Waals surface area contributed by atoms with Gasteiger partial charge in [0.1, 0.15) is 19.3 Å². The lowest BCUT2D eigenvalue weighted by molar-refractivity contribution is -0.161. The van der Waals surface area contributed by atoms with Crippen molar-refractivity contribution in [3.05, 3.63) is 0 Å². The van der Waals surface area contributed by atoms with Gasteiger partial charge in [0.25, 0.3) is 0 Å². The van der Waals surface area contributed by atoms with Crippen LogP contribution in [0.2, 0.25) is 0 Å². The molecule has 17 nitrogen and oxygen atoms in total. The van der Waals surface area contributed by atoms with Crippen molar-refractivity contribution in [2.24, 2.45) is 5.92 Å². The van der Waals surface area contributed by atoms with Crippen LogP contribution in [0.5, 0.6) is 0 Å². The quantitative estimate of drug-likeness (QED) is 0.0222. The van der Waals surface area contributed by atoms with E-state index in [1.165, 1.54) is 180 Å². The summed E-state index contributed by atoms with van der Waals surface area (Å²) in [6.45, 7) is 7.14. The molecular formula is C70H136O17P2. The fourth-order valence-electron chi connectivity index (χ4n) is 10.6. The maximum Gasteiger partial charge on any atom is 0.472 e. The largest absolute Gasteiger partial charge is 0.472 e. The number of aliphatic hydroxyl groups excluding tert-OH is 1. The van der Waals surface area contributed by atoms with E-state index >= 15 is 0 Å². The molecule has 0 aromatic rings. The first-order valence-electron chi connectivity index (χ1n) is 36.7. The zero-order chi connectivity index (χ0) is 65.6. The Hall–Kier alpha value is -1.94. The fraction of sp³-hybridized carbons (Fsp3) is 0.943. The van der Waals surface area contributed by atoms with Crippen LogP contribution in [-0.4, -0.2) is 96.7 Å². The lowest BCUT2D eigenvalue weighted by Gasteiger charge is -2.21. The molecule has 0 saturated carbocycles. The maximum atomic E-state index is 13.0. The molecule has 0 radical (unpaired) electrons. The highest BCUT2D eigenvalue weighted by Crippen LogP contribution is 2.45. The van der Waals surface area contributed by atoms with Crippen molar-refractivity contribution in [2.75, 3.05) is 39.6 Å². The molecule has 0 rings (SSSR count). The van der Waals surface area contributed by atoms with Crippen molar-refractivity contribution >= 4 is 39.5 Å². The lowest BCUT2D eigenvalue weighted by Crippen LogP contribution is -2.30. The Labute approximate surface area is 543 Å². The van der Waals surface area contributed by atoms with Crippen LogP contribution in [0.1, 0.15) is 362 Å². The second-order valence-electron chi connectivity index (χ2n) is 25.5. The number of phosphoric acid groups is 2. The van der Waals surface area contributed by atoms with Gasteiger partial charge in [-0.15, -0.1) is 0 Å². The monoisotopic (exact) mass is 1310 g/mol. The molecule has 0 saturated heterocycles. The summed E-state index contributed by atoms with van der Waals surface area (Å²) in [6.07, 6.45) is 50.5. The number of carbonyl (C=O) groups is 4. The first-order valence-corrected chi connectivity index (χ1v) is 39.7. The van der Waals surface area contributed by atoms with Crippen molar-refractivity contribution in [1.82, 2.24) is 0 Å². The summed E-state index contributed by atoms with van der Waals surface area (Å²) < 4.78 is 68.0. The molecule has 0 spiro atoms. The number of carbonyl (C=O) groups excluding carboxylic acids is 4. The molecule has 0 aromatic carbocycles. The average molecular weight is 1310 g/mol. The zero-order valence-corrected chi connectivity index (χ0v) is 59.4. The van der Waals surface area contributed by atoms with E-state index in [-0.39, 0.29) is 25.7 Å². The van der Waals surface area contributed by atoms with Gasteiger partial charge in [-0.2, -0.15) is 0 Å². The number of rotatable bonds is 70. The third kappa shape index (κ3) is 63.2. The SMILES string of the molecule is CCCCCCCCCCCCCCCCCCCCCCCCC(=O)O[C@H](COC(=O)CCCCCCCCCCC(C)CC)COP(=O)(O)OC[C@@H](O)COP(=O)(O)OC[C@@H](COC(=O)CCCCCCC)OC(=O)CCCCCCCCCCCC. The maximum absolute atomic E-state index is 13.0. The molecule has 89 heavy (non-hydrogen) atoms. The number of unbranched alkanes of at least 4 members (excludes halogenated alkanes) is 41. The Morgan fingerprint density at radius 2 is 0.539 bits per heavy atom. The number of esters is 4. The highest BCUT2D eigenvalue weighted by Gasteiger charge is 2.30. The fourth-order valence-corrected chi connectivity index (χ4v) is 12.2. The minimum Gasteiger partial charge on any atom is -0.462 e. The van der Waals surface area contributed by atoms with Crippen molar-refractivity contribution < 1.29 is 80.2 Å². The minimum absolute atomic E-state index is 0.106. The van der Waals surface area contributed by atoms with Gasteiger partial charge in [-0.3, -0.25) is 37.3 Å². The number of phosphoric ester groups is 2. The molecule has 0 aliphatic rings. The van der Waals surface area contributed by atoms with Crippen LogP contribution < -0.4 is 0 Å². The number of aliphatic hydroxyl groups is 1. The van der Waals surface area contributed by atoms with Gasteiger partial charge in [0.2, 0.25) is 0 Å². The Morgan fingerprint density at radius 1 is 0.315 bits per heavy atom. The van der Waals surface area contributed by atoms with E-state index in [0.29, 0.717) is 25.7 Å². The molecule has 0 aliphatic carbocycles. The van der Waals surface area contributed by atoms with Crippen molar-refractivity contribution in [2.45, 2.75) is 380 Å². The van der Waals surface area contributed by atoms with Crippen LogP contribution in [-0.2, 0) is 65.4 Å². The summed E-state index contributed by atoms with van der Waals surface area (Å²) >= 11 is 0. The summed E-state index contributed by atoms with van der Waals surface area (Å²) in [6, 6.07) is 0. The number of ether oxygens (including phenoxy) is 4. The van der Waals surface area contributed by atoms with Crippen LogP contribution in [0.3, 0.4) is 0 Å². The number of hydrogen-bond acceptors (Lipinski definition) is 15. The van der Waals surface area contributed by atoms with E-state index in [0.717, 1.165) is 102 Å². The molecule has 0 aliphatic heterocycles. The summed E-state index contributed by atoms with van der Waals surface area (Å²) in [7, 11) is -9.89. The summed E-state index contributed by atoms with van der Waals surface area (Å²) in [5.41, 5.74) is 0. The van der Waals surface area contributed by atoms with Crippen LogP contribution in [0, 0.1) is 5.92 Å².